The Labute approximate surface area is 118 Å². The van der Waals surface area contributed by atoms with Crippen LogP contribution in [0.2, 0.25) is 0 Å². The van der Waals surface area contributed by atoms with E-state index in [0.717, 1.165) is 11.4 Å². The van der Waals surface area contributed by atoms with E-state index in [1.54, 1.807) is 18.1 Å². The van der Waals surface area contributed by atoms with Gasteiger partial charge in [0.25, 0.3) is 5.91 Å². The van der Waals surface area contributed by atoms with E-state index < -0.39 is 0 Å². The molecule has 1 N–H and O–H groups in total. The summed E-state index contributed by atoms with van der Waals surface area (Å²) in [6.07, 6.45) is 4.09. The number of rotatable bonds is 4. The lowest BCUT2D eigenvalue weighted by Gasteiger charge is -2.17. The van der Waals surface area contributed by atoms with Crippen molar-refractivity contribution in [2.45, 2.75) is 18.9 Å². The molecule has 1 saturated carbocycles. The Morgan fingerprint density at radius 2 is 2.00 bits per heavy atom. The molecule has 3 rings (SSSR count). The summed E-state index contributed by atoms with van der Waals surface area (Å²) in [7, 11) is 1.76. The summed E-state index contributed by atoms with van der Waals surface area (Å²) in [6.45, 7) is 0. The standard InChI is InChI=1S/C16H17N3O/c1-19(14-5-3-2-4-6-14)16(20)15-11-13(9-10-17-15)18-12-7-8-12/h2-6,9-12H,7-8H2,1H3,(H,17,18). The van der Waals surface area contributed by atoms with Crippen LogP contribution >= 0.6 is 0 Å². The van der Waals surface area contributed by atoms with E-state index in [1.807, 2.05) is 42.5 Å². The number of carbonyl (C=O) groups excluding carboxylic acids is 1. The molecule has 20 heavy (non-hydrogen) atoms. The highest BCUT2D eigenvalue weighted by atomic mass is 16.2. The topological polar surface area (TPSA) is 45.2 Å². The Kier molecular flexibility index (Phi) is 3.37. The molecule has 4 heteroatoms. The molecule has 1 aromatic carbocycles. The molecule has 1 amide bonds. The average Bonchev–Trinajstić information content (AvgIpc) is 3.31. The van der Waals surface area contributed by atoms with E-state index in [4.69, 9.17) is 0 Å². The van der Waals surface area contributed by atoms with Crippen LogP contribution in [0.4, 0.5) is 11.4 Å². The van der Waals surface area contributed by atoms with E-state index >= 15 is 0 Å². The van der Waals surface area contributed by atoms with Gasteiger partial charge >= 0.3 is 0 Å². The van der Waals surface area contributed by atoms with Crippen molar-refractivity contribution >= 4 is 17.3 Å². The zero-order valence-corrected chi connectivity index (χ0v) is 11.4. The second-order valence-corrected chi connectivity index (χ2v) is 5.05. The van der Waals surface area contributed by atoms with Gasteiger partial charge in [0.05, 0.1) is 0 Å². The molecular formula is C16H17N3O. The van der Waals surface area contributed by atoms with Crippen molar-refractivity contribution in [2.75, 3.05) is 17.3 Å². The summed E-state index contributed by atoms with van der Waals surface area (Å²) in [4.78, 5) is 18.2. The zero-order chi connectivity index (χ0) is 13.9. The quantitative estimate of drug-likeness (QED) is 0.926. The molecular weight excluding hydrogens is 250 g/mol. The van der Waals surface area contributed by atoms with Crippen molar-refractivity contribution in [1.82, 2.24) is 4.98 Å². The molecule has 0 spiro atoms. The number of hydrogen-bond donors (Lipinski definition) is 1. The number of aromatic nitrogens is 1. The van der Waals surface area contributed by atoms with Gasteiger partial charge in [-0.1, -0.05) is 18.2 Å². The van der Waals surface area contributed by atoms with E-state index in [9.17, 15) is 4.79 Å². The Bertz CT molecular complexity index is 608. The number of hydrogen-bond acceptors (Lipinski definition) is 3. The molecule has 0 radical (unpaired) electrons. The third-order valence-corrected chi connectivity index (χ3v) is 3.38. The van der Waals surface area contributed by atoms with Gasteiger partial charge in [0.2, 0.25) is 0 Å². The van der Waals surface area contributed by atoms with Gasteiger partial charge in [0, 0.05) is 30.7 Å². The number of pyridine rings is 1. The molecule has 0 aliphatic heterocycles. The van der Waals surface area contributed by atoms with Crippen molar-refractivity contribution in [2.24, 2.45) is 0 Å². The van der Waals surface area contributed by atoms with E-state index in [0.29, 0.717) is 11.7 Å². The highest BCUT2D eigenvalue weighted by Crippen LogP contribution is 2.25. The minimum Gasteiger partial charge on any atom is -0.382 e. The van der Waals surface area contributed by atoms with Gasteiger partial charge in [-0.15, -0.1) is 0 Å². The number of nitrogens with one attached hydrogen (secondary N) is 1. The maximum Gasteiger partial charge on any atom is 0.276 e. The van der Waals surface area contributed by atoms with Crippen molar-refractivity contribution in [3.05, 3.63) is 54.4 Å². The summed E-state index contributed by atoms with van der Waals surface area (Å²) >= 11 is 0. The molecule has 1 aromatic heterocycles. The van der Waals surface area contributed by atoms with Gasteiger partial charge < -0.3 is 10.2 Å². The fraction of sp³-hybridized carbons (Fsp3) is 0.250. The van der Waals surface area contributed by atoms with Crippen LogP contribution in [0.5, 0.6) is 0 Å². The molecule has 2 aromatic rings. The van der Waals surface area contributed by atoms with E-state index in [2.05, 4.69) is 10.3 Å². The molecule has 0 bridgehead atoms. The number of para-hydroxylation sites is 1. The Hall–Kier alpha value is -2.36. The summed E-state index contributed by atoms with van der Waals surface area (Å²) in [5.41, 5.74) is 2.29. The Morgan fingerprint density at radius 3 is 2.70 bits per heavy atom. The van der Waals surface area contributed by atoms with Crippen molar-refractivity contribution in [1.29, 1.82) is 0 Å². The van der Waals surface area contributed by atoms with Crippen LogP contribution < -0.4 is 10.2 Å². The molecule has 0 unspecified atom stereocenters. The largest absolute Gasteiger partial charge is 0.382 e. The van der Waals surface area contributed by atoms with E-state index in [1.165, 1.54) is 12.8 Å². The Balaban J connectivity index is 1.79. The first-order valence-electron chi connectivity index (χ1n) is 6.80. The third kappa shape index (κ3) is 2.79. The van der Waals surface area contributed by atoms with Crippen molar-refractivity contribution < 1.29 is 4.79 Å². The fourth-order valence-corrected chi connectivity index (χ4v) is 2.04. The molecule has 0 atom stereocenters. The van der Waals surface area contributed by atoms with Crippen molar-refractivity contribution in [3.8, 4) is 0 Å². The Morgan fingerprint density at radius 1 is 1.25 bits per heavy atom. The SMILES string of the molecule is CN(C(=O)c1cc(NC2CC2)ccn1)c1ccccc1. The second-order valence-electron chi connectivity index (χ2n) is 5.05. The van der Waals surface area contributed by atoms with Gasteiger partial charge in [0.1, 0.15) is 5.69 Å². The number of anilines is 2. The molecule has 0 saturated heterocycles. The number of amides is 1. The van der Waals surface area contributed by atoms with Gasteiger partial charge in [-0.05, 0) is 37.1 Å². The normalized spacial score (nSPS) is 13.8. The maximum atomic E-state index is 12.4. The minimum absolute atomic E-state index is 0.101. The van der Waals surface area contributed by atoms with Crippen LogP contribution in [-0.4, -0.2) is 24.0 Å². The van der Waals surface area contributed by atoms with Gasteiger partial charge in [-0.3, -0.25) is 9.78 Å². The van der Waals surface area contributed by atoms with Crippen LogP contribution in [0.15, 0.2) is 48.7 Å². The average molecular weight is 267 g/mol. The van der Waals surface area contributed by atoms with Gasteiger partial charge in [-0.25, -0.2) is 0 Å². The summed E-state index contributed by atoms with van der Waals surface area (Å²) in [5, 5.41) is 3.38. The first-order chi connectivity index (χ1) is 9.74. The van der Waals surface area contributed by atoms with Crippen LogP contribution in [0.1, 0.15) is 23.3 Å². The third-order valence-electron chi connectivity index (χ3n) is 3.38. The lowest BCUT2D eigenvalue weighted by molar-refractivity contribution is 0.0988. The van der Waals surface area contributed by atoms with Crippen LogP contribution in [0, 0.1) is 0 Å². The fourth-order valence-electron chi connectivity index (χ4n) is 2.04. The van der Waals surface area contributed by atoms with E-state index in [-0.39, 0.29) is 5.91 Å². The summed E-state index contributed by atoms with van der Waals surface area (Å²) in [5.74, 6) is -0.101. The first-order valence-corrected chi connectivity index (χ1v) is 6.80. The summed E-state index contributed by atoms with van der Waals surface area (Å²) < 4.78 is 0. The molecule has 1 aliphatic rings. The zero-order valence-electron chi connectivity index (χ0n) is 11.4. The van der Waals surface area contributed by atoms with Crippen LogP contribution in [-0.2, 0) is 0 Å². The molecule has 102 valence electrons. The van der Waals surface area contributed by atoms with Crippen molar-refractivity contribution in [3.63, 3.8) is 0 Å². The molecule has 1 fully saturated rings. The maximum absolute atomic E-state index is 12.4. The van der Waals surface area contributed by atoms with Gasteiger partial charge in [0.15, 0.2) is 0 Å². The predicted octanol–water partition coefficient (Wildman–Crippen LogP) is 2.93. The highest BCUT2D eigenvalue weighted by Gasteiger charge is 2.21. The van der Waals surface area contributed by atoms with Crippen LogP contribution in [0.25, 0.3) is 0 Å². The predicted molar refractivity (Wildman–Crippen MR) is 80.1 cm³/mol. The first kappa shape index (κ1) is 12.7. The molecule has 1 heterocycles. The van der Waals surface area contributed by atoms with Gasteiger partial charge in [-0.2, -0.15) is 0 Å². The number of benzene rings is 1. The lowest BCUT2D eigenvalue weighted by atomic mass is 10.2. The number of carbonyl (C=O) groups is 1. The monoisotopic (exact) mass is 267 g/mol. The second kappa shape index (κ2) is 5.33. The summed E-state index contributed by atoms with van der Waals surface area (Å²) in [6, 6.07) is 13.9. The highest BCUT2D eigenvalue weighted by molar-refractivity contribution is 6.04. The lowest BCUT2D eigenvalue weighted by Crippen LogP contribution is -2.27. The number of nitrogens with zero attached hydrogens (tertiary/aromatic N) is 2. The van der Waals surface area contributed by atoms with Crippen LogP contribution in [0.3, 0.4) is 0 Å². The smallest absolute Gasteiger partial charge is 0.276 e. The molecule has 4 nitrogen and oxygen atoms in total. The minimum atomic E-state index is -0.101. The molecule has 1 aliphatic carbocycles.